The number of amides is 1. The molecule has 1 saturated carbocycles. The van der Waals surface area contributed by atoms with Gasteiger partial charge in [-0.3, -0.25) is 9.89 Å². The van der Waals surface area contributed by atoms with Crippen LogP contribution in [0.4, 0.5) is 0 Å². The third-order valence-corrected chi connectivity index (χ3v) is 3.98. The lowest BCUT2D eigenvalue weighted by Gasteiger charge is -2.14. The molecule has 0 radical (unpaired) electrons. The Hall–Kier alpha value is -1.56. The minimum atomic E-state index is -0.162. The second-order valence-electron chi connectivity index (χ2n) is 5.33. The van der Waals surface area contributed by atoms with Crippen molar-refractivity contribution in [1.29, 1.82) is 0 Å². The highest BCUT2D eigenvalue weighted by Crippen LogP contribution is 2.32. The van der Waals surface area contributed by atoms with E-state index in [-0.39, 0.29) is 24.4 Å². The van der Waals surface area contributed by atoms with Crippen LogP contribution in [-0.4, -0.2) is 28.7 Å². The molecule has 7 heteroatoms. The molecule has 0 aliphatic heterocycles. The highest BCUT2D eigenvalue weighted by molar-refractivity contribution is 6.30. The molecule has 5 nitrogen and oxygen atoms in total. The molecule has 22 heavy (non-hydrogen) atoms. The Kier molecular flexibility index (Phi) is 5.45. The molecule has 3 rings (SSSR count). The summed E-state index contributed by atoms with van der Waals surface area (Å²) in [5.74, 6) is 0.364. The van der Waals surface area contributed by atoms with E-state index in [1.165, 1.54) is 0 Å². The van der Waals surface area contributed by atoms with Crippen molar-refractivity contribution in [2.24, 2.45) is 11.7 Å². The van der Waals surface area contributed by atoms with Gasteiger partial charge in [0.2, 0.25) is 0 Å². The first kappa shape index (κ1) is 16.8. The summed E-state index contributed by atoms with van der Waals surface area (Å²) < 4.78 is 0. The SMILES string of the molecule is Cl.NCC(NC(=O)c1cc(-c2ccc(Cl)cc2)n[nH]1)C1CC1. The fourth-order valence-electron chi connectivity index (χ4n) is 2.32. The summed E-state index contributed by atoms with van der Waals surface area (Å²) >= 11 is 5.86. The molecule has 4 N–H and O–H groups in total. The van der Waals surface area contributed by atoms with E-state index in [0.29, 0.717) is 28.9 Å². The first-order valence-corrected chi connectivity index (χ1v) is 7.37. The van der Waals surface area contributed by atoms with Crippen LogP contribution in [0, 0.1) is 5.92 Å². The molecule has 0 saturated heterocycles. The third-order valence-electron chi connectivity index (χ3n) is 3.72. The van der Waals surface area contributed by atoms with Gasteiger partial charge in [-0.2, -0.15) is 5.10 Å². The van der Waals surface area contributed by atoms with Crippen LogP contribution >= 0.6 is 24.0 Å². The van der Waals surface area contributed by atoms with Crippen LogP contribution in [0.5, 0.6) is 0 Å². The monoisotopic (exact) mass is 340 g/mol. The third kappa shape index (κ3) is 3.80. The predicted octanol–water partition coefficient (Wildman–Crippen LogP) is 2.62. The molecule has 0 bridgehead atoms. The zero-order valence-corrected chi connectivity index (χ0v) is 13.5. The molecular formula is C15H18Cl2N4O. The summed E-state index contributed by atoms with van der Waals surface area (Å²) in [7, 11) is 0. The molecule has 1 amide bonds. The lowest BCUT2D eigenvalue weighted by molar-refractivity contribution is 0.0928. The molecular weight excluding hydrogens is 323 g/mol. The average Bonchev–Trinajstić information content (AvgIpc) is 3.21. The summed E-state index contributed by atoms with van der Waals surface area (Å²) in [6, 6.07) is 9.12. The van der Waals surface area contributed by atoms with Crippen molar-refractivity contribution in [1.82, 2.24) is 15.5 Å². The van der Waals surface area contributed by atoms with E-state index >= 15 is 0 Å². The topological polar surface area (TPSA) is 83.8 Å². The number of hydrogen-bond donors (Lipinski definition) is 3. The van der Waals surface area contributed by atoms with Crippen molar-refractivity contribution in [2.75, 3.05) is 6.54 Å². The van der Waals surface area contributed by atoms with Gasteiger partial charge in [0.05, 0.1) is 5.69 Å². The van der Waals surface area contributed by atoms with Gasteiger partial charge in [-0.25, -0.2) is 0 Å². The normalized spacial score (nSPS) is 15.0. The van der Waals surface area contributed by atoms with E-state index in [1.54, 1.807) is 18.2 Å². The summed E-state index contributed by atoms with van der Waals surface area (Å²) in [6.45, 7) is 0.467. The Labute approximate surface area is 140 Å². The van der Waals surface area contributed by atoms with Crippen molar-refractivity contribution < 1.29 is 4.79 Å². The molecule has 0 spiro atoms. The van der Waals surface area contributed by atoms with Gasteiger partial charge >= 0.3 is 0 Å². The van der Waals surface area contributed by atoms with E-state index in [1.807, 2.05) is 12.1 Å². The molecule has 1 unspecified atom stereocenters. The first-order chi connectivity index (χ1) is 10.2. The molecule has 1 aromatic heterocycles. The van der Waals surface area contributed by atoms with Crippen molar-refractivity contribution in [3.05, 3.63) is 41.0 Å². The molecule has 1 fully saturated rings. The Morgan fingerprint density at radius 2 is 2.09 bits per heavy atom. The lowest BCUT2D eigenvalue weighted by atomic mass is 10.1. The number of carbonyl (C=O) groups is 1. The predicted molar refractivity (Wildman–Crippen MR) is 89.3 cm³/mol. The van der Waals surface area contributed by atoms with Gasteiger partial charge in [-0.15, -0.1) is 12.4 Å². The number of rotatable bonds is 5. The number of benzene rings is 1. The number of aromatic nitrogens is 2. The number of nitrogens with two attached hydrogens (primary N) is 1. The molecule has 2 aromatic rings. The van der Waals surface area contributed by atoms with E-state index in [2.05, 4.69) is 15.5 Å². The van der Waals surface area contributed by atoms with Crippen molar-refractivity contribution in [2.45, 2.75) is 18.9 Å². The highest BCUT2D eigenvalue weighted by Gasteiger charge is 2.31. The Balaban J connectivity index is 0.00000176. The zero-order chi connectivity index (χ0) is 14.8. The quantitative estimate of drug-likeness (QED) is 0.782. The van der Waals surface area contributed by atoms with E-state index in [0.717, 1.165) is 18.4 Å². The number of hydrogen-bond acceptors (Lipinski definition) is 3. The maximum Gasteiger partial charge on any atom is 0.269 e. The fourth-order valence-corrected chi connectivity index (χ4v) is 2.45. The zero-order valence-electron chi connectivity index (χ0n) is 11.9. The van der Waals surface area contributed by atoms with Crippen LogP contribution in [0.2, 0.25) is 5.02 Å². The molecule has 1 aromatic carbocycles. The number of nitrogens with zero attached hydrogens (tertiary/aromatic N) is 1. The molecule has 1 atom stereocenters. The van der Waals surface area contributed by atoms with Gasteiger partial charge in [0.25, 0.3) is 5.91 Å². The molecule has 118 valence electrons. The van der Waals surface area contributed by atoms with E-state index < -0.39 is 0 Å². The summed E-state index contributed by atoms with van der Waals surface area (Å²) in [4.78, 5) is 12.2. The van der Waals surface area contributed by atoms with Gasteiger partial charge in [0.1, 0.15) is 5.69 Å². The van der Waals surface area contributed by atoms with Gasteiger partial charge in [0, 0.05) is 23.2 Å². The van der Waals surface area contributed by atoms with Crippen molar-refractivity contribution >= 4 is 29.9 Å². The molecule has 1 aliphatic carbocycles. The first-order valence-electron chi connectivity index (χ1n) is 6.99. The number of nitrogens with one attached hydrogen (secondary N) is 2. The van der Waals surface area contributed by atoms with Crippen LogP contribution in [0.25, 0.3) is 11.3 Å². The Bertz CT molecular complexity index is 637. The van der Waals surface area contributed by atoms with Crippen LogP contribution < -0.4 is 11.1 Å². The average molecular weight is 341 g/mol. The summed E-state index contributed by atoms with van der Waals surface area (Å²) in [5, 5.41) is 10.6. The van der Waals surface area contributed by atoms with Gasteiger partial charge in [-0.1, -0.05) is 23.7 Å². The van der Waals surface area contributed by atoms with E-state index in [4.69, 9.17) is 17.3 Å². The maximum atomic E-state index is 12.2. The number of aromatic amines is 1. The Morgan fingerprint density at radius 3 is 2.68 bits per heavy atom. The highest BCUT2D eigenvalue weighted by atomic mass is 35.5. The maximum absolute atomic E-state index is 12.2. The second-order valence-corrected chi connectivity index (χ2v) is 5.76. The number of H-pyrrole nitrogens is 1. The minimum absolute atomic E-state index is 0. The van der Waals surface area contributed by atoms with Crippen LogP contribution in [-0.2, 0) is 0 Å². The standard InChI is InChI=1S/C15H17ClN4O.ClH/c16-11-5-3-9(4-6-11)12-7-13(20-19-12)15(21)18-14(8-17)10-1-2-10;/h3-7,10,14H,1-2,8,17H2,(H,18,21)(H,19,20);1H. The van der Waals surface area contributed by atoms with Crippen molar-refractivity contribution in [3.63, 3.8) is 0 Å². The number of carbonyl (C=O) groups excluding carboxylic acids is 1. The van der Waals surface area contributed by atoms with E-state index in [9.17, 15) is 4.79 Å². The summed E-state index contributed by atoms with van der Waals surface area (Å²) in [6.07, 6.45) is 2.28. The Morgan fingerprint density at radius 1 is 1.41 bits per heavy atom. The lowest BCUT2D eigenvalue weighted by Crippen LogP contribution is -2.41. The van der Waals surface area contributed by atoms with Gasteiger partial charge in [0.15, 0.2) is 0 Å². The fraction of sp³-hybridized carbons (Fsp3) is 0.333. The van der Waals surface area contributed by atoms with Crippen LogP contribution in [0.3, 0.4) is 0 Å². The van der Waals surface area contributed by atoms with Crippen molar-refractivity contribution in [3.8, 4) is 11.3 Å². The summed E-state index contributed by atoms with van der Waals surface area (Å²) in [5.41, 5.74) is 7.77. The largest absolute Gasteiger partial charge is 0.346 e. The van der Waals surface area contributed by atoms with Crippen LogP contribution in [0.1, 0.15) is 23.3 Å². The van der Waals surface area contributed by atoms with Gasteiger partial charge in [-0.05, 0) is 37.0 Å². The van der Waals surface area contributed by atoms with Crippen LogP contribution in [0.15, 0.2) is 30.3 Å². The molecule has 1 heterocycles. The number of halogens is 2. The second kappa shape index (κ2) is 7.13. The molecule has 1 aliphatic rings. The minimum Gasteiger partial charge on any atom is -0.346 e. The van der Waals surface area contributed by atoms with Gasteiger partial charge < -0.3 is 11.1 Å². The smallest absolute Gasteiger partial charge is 0.269 e.